The Hall–Kier alpha value is -3.29. The molecule has 0 atom stereocenters. The third kappa shape index (κ3) is 5.34. The number of methoxy groups -OCH3 is 2. The molecule has 8 heteroatoms. The zero-order valence-electron chi connectivity index (χ0n) is 15.5. The number of nitrogens with zero attached hydrogens (tertiary/aromatic N) is 1. The van der Waals surface area contributed by atoms with Gasteiger partial charge in [-0.2, -0.15) is 0 Å². The Morgan fingerprint density at radius 2 is 1.78 bits per heavy atom. The molecule has 0 fully saturated rings. The highest BCUT2D eigenvalue weighted by Gasteiger charge is 2.15. The highest BCUT2D eigenvalue weighted by molar-refractivity contribution is 5.94. The van der Waals surface area contributed by atoms with Gasteiger partial charge in [0.25, 0.3) is 5.69 Å². The van der Waals surface area contributed by atoms with Gasteiger partial charge in [0.1, 0.15) is 5.75 Å². The minimum atomic E-state index is -0.533. The van der Waals surface area contributed by atoms with Gasteiger partial charge in [0.2, 0.25) is 5.91 Å². The Kier molecular flexibility index (Phi) is 6.99. The number of rotatable bonds is 9. The van der Waals surface area contributed by atoms with E-state index >= 15 is 0 Å². The fourth-order valence-electron chi connectivity index (χ4n) is 2.44. The number of nitro benzene ring substituents is 1. The van der Waals surface area contributed by atoms with E-state index in [2.05, 4.69) is 5.32 Å². The van der Waals surface area contributed by atoms with Crippen LogP contribution in [0, 0.1) is 10.1 Å². The number of non-ortho nitro benzene ring substituents is 1. The van der Waals surface area contributed by atoms with Crippen LogP contribution in [0.25, 0.3) is 0 Å². The van der Waals surface area contributed by atoms with E-state index in [4.69, 9.17) is 14.2 Å². The molecule has 2 aromatic rings. The second-order valence-corrected chi connectivity index (χ2v) is 5.70. The number of carbonyl (C=O) groups excluding carboxylic acids is 1. The van der Waals surface area contributed by atoms with Gasteiger partial charge in [-0.1, -0.05) is 13.0 Å². The summed E-state index contributed by atoms with van der Waals surface area (Å²) < 4.78 is 16.0. The van der Waals surface area contributed by atoms with E-state index in [1.807, 2.05) is 6.92 Å². The molecule has 0 saturated heterocycles. The standard InChI is InChI=1S/C19H22N2O6/c1-4-9-27-17-7-5-13(10-18(17)26-3)11-19(22)20-15-12-14(21(23)24)6-8-16(15)25-2/h5-8,10,12H,4,9,11H2,1-3H3,(H,20,22). The number of hydrogen-bond donors (Lipinski definition) is 1. The van der Waals surface area contributed by atoms with Crippen LogP contribution in [0.1, 0.15) is 18.9 Å². The second kappa shape index (κ2) is 9.42. The molecule has 0 aliphatic rings. The summed E-state index contributed by atoms with van der Waals surface area (Å²) in [6.45, 7) is 2.58. The number of anilines is 1. The average Bonchev–Trinajstić information content (AvgIpc) is 2.66. The zero-order chi connectivity index (χ0) is 19.8. The number of nitro groups is 1. The summed E-state index contributed by atoms with van der Waals surface area (Å²) >= 11 is 0. The van der Waals surface area contributed by atoms with Crippen molar-refractivity contribution < 1.29 is 23.9 Å². The molecule has 1 N–H and O–H groups in total. The molecule has 8 nitrogen and oxygen atoms in total. The van der Waals surface area contributed by atoms with Gasteiger partial charge in [0.15, 0.2) is 11.5 Å². The SMILES string of the molecule is CCCOc1ccc(CC(=O)Nc2cc([N+](=O)[O-])ccc2OC)cc1OC. The van der Waals surface area contributed by atoms with Gasteiger partial charge in [-0.25, -0.2) is 0 Å². The first kappa shape index (κ1) is 20.0. The van der Waals surface area contributed by atoms with Gasteiger partial charge < -0.3 is 19.5 Å². The summed E-state index contributed by atoms with van der Waals surface area (Å²) in [6, 6.07) is 9.28. The fourth-order valence-corrected chi connectivity index (χ4v) is 2.44. The van der Waals surface area contributed by atoms with Gasteiger partial charge in [-0.3, -0.25) is 14.9 Å². The van der Waals surface area contributed by atoms with Crippen LogP contribution in [0.3, 0.4) is 0 Å². The smallest absolute Gasteiger partial charge is 0.271 e. The van der Waals surface area contributed by atoms with Crippen LogP contribution in [0.4, 0.5) is 11.4 Å². The van der Waals surface area contributed by atoms with Gasteiger partial charge in [-0.05, 0) is 30.2 Å². The quantitative estimate of drug-likeness (QED) is 0.532. The Bertz CT molecular complexity index is 822. The van der Waals surface area contributed by atoms with Crippen molar-refractivity contribution in [3.05, 3.63) is 52.1 Å². The largest absolute Gasteiger partial charge is 0.495 e. The van der Waals surface area contributed by atoms with Crippen molar-refractivity contribution in [2.45, 2.75) is 19.8 Å². The Balaban J connectivity index is 2.13. The molecule has 0 unspecified atom stereocenters. The first-order chi connectivity index (χ1) is 13.0. The highest BCUT2D eigenvalue weighted by Crippen LogP contribution is 2.30. The summed E-state index contributed by atoms with van der Waals surface area (Å²) in [4.78, 5) is 22.8. The molecule has 0 bridgehead atoms. The van der Waals surface area contributed by atoms with Crippen molar-refractivity contribution in [3.8, 4) is 17.2 Å². The van der Waals surface area contributed by atoms with E-state index < -0.39 is 4.92 Å². The molecular weight excluding hydrogens is 352 g/mol. The Labute approximate surface area is 157 Å². The lowest BCUT2D eigenvalue weighted by atomic mass is 10.1. The summed E-state index contributed by atoms with van der Waals surface area (Å²) in [7, 11) is 2.96. The van der Waals surface area contributed by atoms with E-state index in [1.54, 1.807) is 18.2 Å². The number of nitrogens with one attached hydrogen (secondary N) is 1. The van der Waals surface area contributed by atoms with Crippen LogP contribution in [0.15, 0.2) is 36.4 Å². The molecule has 144 valence electrons. The molecule has 1 amide bonds. The monoisotopic (exact) mass is 374 g/mol. The van der Waals surface area contributed by atoms with E-state index in [9.17, 15) is 14.9 Å². The Morgan fingerprint density at radius 1 is 1.07 bits per heavy atom. The lowest BCUT2D eigenvalue weighted by Crippen LogP contribution is -2.15. The average molecular weight is 374 g/mol. The molecule has 0 heterocycles. The van der Waals surface area contributed by atoms with Crippen LogP contribution in [0.5, 0.6) is 17.2 Å². The summed E-state index contributed by atoms with van der Waals surface area (Å²) in [6.07, 6.45) is 0.939. The summed E-state index contributed by atoms with van der Waals surface area (Å²) in [5.74, 6) is 1.17. The number of carbonyl (C=O) groups is 1. The third-order valence-corrected chi connectivity index (χ3v) is 3.72. The first-order valence-electron chi connectivity index (χ1n) is 8.40. The summed E-state index contributed by atoms with van der Waals surface area (Å²) in [5, 5.41) is 13.6. The van der Waals surface area contributed by atoms with Crippen molar-refractivity contribution in [3.63, 3.8) is 0 Å². The molecule has 0 radical (unpaired) electrons. The van der Waals surface area contributed by atoms with E-state index in [-0.39, 0.29) is 23.7 Å². The zero-order valence-corrected chi connectivity index (χ0v) is 15.5. The molecule has 2 rings (SSSR count). The lowest BCUT2D eigenvalue weighted by molar-refractivity contribution is -0.384. The topological polar surface area (TPSA) is 99.9 Å². The normalized spacial score (nSPS) is 10.2. The van der Waals surface area contributed by atoms with Crippen molar-refractivity contribution in [1.29, 1.82) is 0 Å². The van der Waals surface area contributed by atoms with E-state index in [1.165, 1.54) is 32.4 Å². The van der Waals surface area contributed by atoms with Crippen LogP contribution in [-0.2, 0) is 11.2 Å². The molecule has 0 saturated carbocycles. The number of hydrogen-bond acceptors (Lipinski definition) is 6. The van der Waals surface area contributed by atoms with Crippen LogP contribution in [-0.4, -0.2) is 31.7 Å². The van der Waals surface area contributed by atoms with Gasteiger partial charge in [-0.15, -0.1) is 0 Å². The van der Waals surface area contributed by atoms with Crippen LogP contribution in [0.2, 0.25) is 0 Å². The second-order valence-electron chi connectivity index (χ2n) is 5.70. The molecule has 2 aromatic carbocycles. The number of ether oxygens (including phenoxy) is 3. The predicted molar refractivity (Wildman–Crippen MR) is 101 cm³/mol. The molecule has 0 aliphatic heterocycles. The minimum absolute atomic E-state index is 0.0657. The molecule has 0 aromatic heterocycles. The van der Waals surface area contributed by atoms with Gasteiger partial charge in [0.05, 0.1) is 37.9 Å². The third-order valence-electron chi connectivity index (χ3n) is 3.72. The number of amides is 1. The maximum absolute atomic E-state index is 12.4. The summed E-state index contributed by atoms with van der Waals surface area (Å²) in [5.41, 5.74) is 0.828. The van der Waals surface area contributed by atoms with E-state index in [0.29, 0.717) is 23.9 Å². The van der Waals surface area contributed by atoms with Crippen molar-refractivity contribution >= 4 is 17.3 Å². The van der Waals surface area contributed by atoms with Crippen LogP contribution < -0.4 is 19.5 Å². The minimum Gasteiger partial charge on any atom is -0.495 e. The fraction of sp³-hybridized carbons (Fsp3) is 0.316. The maximum atomic E-state index is 12.4. The van der Waals surface area contributed by atoms with Crippen molar-refractivity contribution in [2.75, 3.05) is 26.1 Å². The van der Waals surface area contributed by atoms with E-state index in [0.717, 1.165) is 12.0 Å². The van der Waals surface area contributed by atoms with Crippen LogP contribution >= 0.6 is 0 Å². The molecular formula is C19H22N2O6. The molecule has 0 aliphatic carbocycles. The Morgan fingerprint density at radius 3 is 2.41 bits per heavy atom. The van der Waals surface area contributed by atoms with Gasteiger partial charge in [0, 0.05) is 12.1 Å². The highest BCUT2D eigenvalue weighted by atomic mass is 16.6. The van der Waals surface area contributed by atoms with Crippen molar-refractivity contribution in [2.24, 2.45) is 0 Å². The van der Waals surface area contributed by atoms with Crippen molar-refractivity contribution in [1.82, 2.24) is 0 Å². The predicted octanol–water partition coefficient (Wildman–Crippen LogP) is 3.58. The molecule has 0 spiro atoms. The number of benzene rings is 2. The molecule has 27 heavy (non-hydrogen) atoms. The van der Waals surface area contributed by atoms with Gasteiger partial charge >= 0.3 is 0 Å². The lowest BCUT2D eigenvalue weighted by Gasteiger charge is -2.12. The maximum Gasteiger partial charge on any atom is 0.271 e. The first-order valence-corrected chi connectivity index (χ1v) is 8.40.